The van der Waals surface area contributed by atoms with Crippen LogP contribution in [0.25, 0.3) is 5.69 Å². The van der Waals surface area contributed by atoms with Crippen molar-refractivity contribution in [3.05, 3.63) is 64.6 Å². The average Bonchev–Trinajstić information content (AvgIpc) is 3.12. The van der Waals surface area contributed by atoms with E-state index in [0.29, 0.717) is 0 Å². The van der Waals surface area contributed by atoms with E-state index in [4.69, 9.17) is 0 Å². The van der Waals surface area contributed by atoms with Crippen LogP contribution in [-0.2, 0) is 0 Å². The lowest BCUT2D eigenvalue weighted by Crippen LogP contribution is -2.17. The van der Waals surface area contributed by atoms with Gasteiger partial charge >= 0.3 is 0 Å². The van der Waals surface area contributed by atoms with Gasteiger partial charge < -0.3 is 5.32 Å². The molecule has 96 valence electrons. The third kappa shape index (κ3) is 2.43. The summed E-state index contributed by atoms with van der Waals surface area (Å²) in [4.78, 5) is 2.90. The van der Waals surface area contributed by atoms with E-state index in [-0.39, 0.29) is 6.04 Å². The van der Waals surface area contributed by atoms with Crippen molar-refractivity contribution in [3.63, 3.8) is 0 Å². The molecule has 0 spiro atoms. The summed E-state index contributed by atoms with van der Waals surface area (Å²) < 4.78 is 0. The summed E-state index contributed by atoms with van der Waals surface area (Å²) in [7, 11) is 1.94. The topological polar surface area (TPSA) is 42.7 Å². The zero-order chi connectivity index (χ0) is 13.1. The first kappa shape index (κ1) is 12.1. The quantitative estimate of drug-likeness (QED) is 0.792. The van der Waals surface area contributed by atoms with Crippen LogP contribution in [0.4, 0.5) is 0 Å². The van der Waals surface area contributed by atoms with Gasteiger partial charge in [-0.1, -0.05) is 24.3 Å². The first-order chi connectivity index (χ1) is 9.38. The van der Waals surface area contributed by atoms with Crippen molar-refractivity contribution in [2.45, 2.75) is 6.04 Å². The third-order valence-corrected chi connectivity index (χ3v) is 3.85. The van der Waals surface area contributed by atoms with Crippen LogP contribution in [0, 0.1) is 0 Å². The Morgan fingerprint density at radius 1 is 1.16 bits per heavy atom. The van der Waals surface area contributed by atoms with Gasteiger partial charge in [0.25, 0.3) is 0 Å². The molecule has 0 aliphatic carbocycles. The maximum absolute atomic E-state index is 4.56. The highest BCUT2D eigenvalue weighted by Gasteiger charge is 2.16. The van der Waals surface area contributed by atoms with E-state index in [0.717, 1.165) is 11.4 Å². The van der Waals surface area contributed by atoms with Crippen LogP contribution in [-0.4, -0.2) is 22.0 Å². The van der Waals surface area contributed by atoms with Gasteiger partial charge in [-0.2, -0.15) is 15.0 Å². The van der Waals surface area contributed by atoms with Crippen LogP contribution in [0.5, 0.6) is 0 Å². The Morgan fingerprint density at radius 2 is 2.00 bits per heavy atom. The molecule has 0 fully saturated rings. The second-order valence-corrected chi connectivity index (χ2v) is 5.11. The van der Waals surface area contributed by atoms with Crippen molar-refractivity contribution in [2.24, 2.45) is 0 Å². The van der Waals surface area contributed by atoms with E-state index >= 15 is 0 Å². The van der Waals surface area contributed by atoms with Crippen LogP contribution >= 0.6 is 11.3 Å². The van der Waals surface area contributed by atoms with Crippen molar-refractivity contribution in [1.29, 1.82) is 0 Å². The van der Waals surface area contributed by atoms with Gasteiger partial charge in [-0.15, -0.1) is 11.3 Å². The van der Waals surface area contributed by atoms with E-state index < -0.39 is 0 Å². The van der Waals surface area contributed by atoms with Crippen molar-refractivity contribution < 1.29 is 0 Å². The molecule has 0 amide bonds. The van der Waals surface area contributed by atoms with E-state index in [1.807, 2.05) is 49.6 Å². The van der Waals surface area contributed by atoms with E-state index in [2.05, 4.69) is 27.0 Å². The highest BCUT2D eigenvalue weighted by atomic mass is 32.1. The molecule has 2 heterocycles. The Kier molecular flexibility index (Phi) is 3.39. The Morgan fingerprint density at radius 3 is 2.68 bits per heavy atom. The van der Waals surface area contributed by atoms with Crippen molar-refractivity contribution in [3.8, 4) is 5.69 Å². The highest BCUT2D eigenvalue weighted by molar-refractivity contribution is 7.10. The minimum absolute atomic E-state index is 0.0949. The van der Waals surface area contributed by atoms with Gasteiger partial charge in [0.05, 0.1) is 17.9 Å². The molecule has 1 unspecified atom stereocenters. The van der Waals surface area contributed by atoms with Gasteiger partial charge in [0, 0.05) is 4.88 Å². The van der Waals surface area contributed by atoms with Crippen molar-refractivity contribution >= 4 is 11.3 Å². The molecule has 3 rings (SSSR count). The van der Waals surface area contributed by atoms with Gasteiger partial charge in [-0.05, 0) is 30.6 Å². The third-order valence-electron chi connectivity index (χ3n) is 2.91. The molecule has 1 atom stereocenters. The lowest BCUT2D eigenvalue weighted by atomic mass is 10.2. The monoisotopic (exact) mass is 270 g/mol. The zero-order valence-electron chi connectivity index (χ0n) is 10.5. The predicted octanol–water partition coefficient (Wildman–Crippen LogP) is 2.64. The molecular weight excluding hydrogens is 256 g/mol. The van der Waals surface area contributed by atoms with E-state index in [1.165, 1.54) is 4.88 Å². The minimum atomic E-state index is 0.0949. The average molecular weight is 270 g/mol. The van der Waals surface area contributed by atoms with Gasteiger partial charge in [0.2, 0.25) is 0 Å². The van der Waals surface area contributed by atoms with Crippen LogP contribution in [0.2, 0.25) is 0 Å². The van der Waals surface area contributed by atoms with Gasteiger partial charge in [0.15, 0.2) is 0 Å². The van der Waals surface area contributed by atoms with Crippen LogP contribution in [0.3, 0.4) is 0 Å². The van der Waals surface area contributed by atoms with E-state index in [9.17, 15) is 0 Å². The molecule has 4 nitrogen and oxygen atoms in total. The molecule has 0 radical (unpaired) electrons. The Hall–Kier alpha value is -1.98. The van der Waals surface area contributed by atoms with Crippen LogP contribution in [0.15, 0.2) is 54.0 Å². The number of hydrogen-bond acceptors (Lipinski definition) is 4. The summed E-state index contributed by atoms with van der Waals surface area (Å²) in [6.45, 7) is 0. The van der Waals surface area contributed by atoms with Crippen LogP contribution < -0.4 is 5.32 Å². The second kappa shape index (κ2) is 5.34. The number of aromatic nitrogens is 3. The summed E-state index contributed by atoms with van der Waals surface area (Å²) in [6, 6.07) is 14.2. The number of nitrogens with zero attached hydrogens (tertiary/aromatic N) is 3. The molecule has 0 bridgehead atoms. The maximum atomic E-state index is 4.56. The van der Waals surface area contributed by atoms with E-state index in [1.54, 1.807) is 16.1 Å². The second-order valence-electron chi connectivity index (χ2n) is 4.13. The molecule has 0 aliphatic rings. The zero-order valence-corrected chi connectivity index (χ0v) is 11.3. The first-order valence-corrected chi connectivity index (χ1v) is 6.95. The summed E-state index contributed by atoms with van der Waals surface area (Å²) >= 11 is 1.72. The Labute approximate surface area is 115 Å². The molecule has 0 saturated carbocycles. The SMILES string of the molecule is CNC(c1cnn(-c2ccccc2)n1)c1cccs1. The Bertz CT molecular complexity index is 631. The lowest BCUT2D eigenvalue weighted by molar-refractivity contribution is 0.658. The minimum Gasteiger partial charge on any atom is -0.307 e. The molecule has 0 aliphatic heterocycles. The maximum Gasteiger partial charge on any atom is 0.105 e. The number of benzene rings is 1. The lowest BCUT2D eigenvalue weighted by Gasteiger charge is -2.10. The fraction of sp³-hybridized carbons (Fsp3) is 0.143. The number of hydrogen-bond donors (Lipinski definition) is 1. The first-order valence-electron chi connectivity index (χ1n) is 6.07. The summed E-state index contributed by atoms with van der Waals surface area (Å²) in [5.41, 5.74) is 1.89. The van der Waals surface area contributed by atoms with Crippen molar-refractivity contribution in [1.82, 2.24) is 20.3 Å². The number of para-hydroxylation sites is 1. The molecule has 0 saturated heterocycles. The number of thiophene rings is 1. The Balaban J connectivity index is 1.93. The highest BCUT2D eigenvalue weighted by Crippen LogP contribution is 2.24. The molecule has 3 aromatic rings. The molecule has 1 aromatic carbocycles. The largest absolute Gasteiger partial charge is 0.307 e. The normalized spacial score (nSPS) is 12.5. The van der Waals surface area contributed by atoms with Crippen LogP contribution in [0.1, 0.15) is 16.6 Å². The summed E-state index contributed by atoms with van der Waals surface area (Å²) in [5, 5.41) is 14.2. The summed E-state index contributed by atoms with van der Waals surface area (Å²) in [5.74, 6) is 0. The van der Waals surface area contributed by atoms with Gasteiger partial charge in [-0.3, -0.25) is 0 Å². The fourth-order valence-corrected chi connectivity index (χ4v) is 2.83. The standard InChI is InChI=1S/C14H14N4S/c1-15-14(13-8-5-9-19-13)12-10-16-18(17-12)11-6-3-2-4-7-11/h2-10,14-15H,1H3. The molecule has 1 N–H and O–H groups in total. The molecule has 19 heavy (non-hydrogen) atoms. The van der Waals surface area contributed by atoms with Gasteiger partial charge in [0.1, 0.15) is 5.69 Å². The molecule has 5 heteroatoms. The molecular formula is C14H14N4S. The smallest absolute Gasteiger partial charge is 0.105 e. The van der Waals surface area contributed by atoms with Crippen molar-refractivity contribution in [2.75, 3.05) is 7.05 Å². The molecule has 2 aromatic heterocycles. The number of nitrogens with one attached hydrogen (secondary N) is 1. The van der Waals surface area contributed by atoms with Gasteiger partial charge in [-0.25, -0.2) is 0 Å². The summed E-state index contributed by atoms with van der Waals surface area (Å²) in [6.07, 6.45) is 1.81. The predicted molar refractivity (Wildman–Crippen MR) is 76.6 cm³/mol. The fourth-order valence-electron chi connectivity index (χ4n) is 1.98. The number of rotatable bonds is 4.